The van der Waals surface area contributed by atoms with Gasteiger partial charge in [-0.05, 0) is 59.9 Å². The fourth-order valence-electron chi connectivity index (χ4n) is 3.53. The van der Waals surface area contributed by atoms with Gasteiger partial charge in [-0.2, -0.15) is 4.68 Å². The number of hydrogen-bond acceptors (Lipinski definition) is 6. The molecule has 160 valence electrons. The molecule has 0 radical (unpaired) electrons. The third kappa shape index (κ3) is 5.02. The largest absolute Gasteiger partial charge is 0.326 e. The maximum Gasteiger partial charge on any atom is 0.321 e. The molecule has 3 aromatic rings. The number of carbonyl (C=O) groups excluding carboxylic acids is 2. The van der Waals surface area contributed by atoms with Crippen LogP contribution < -0.4 is 10.6 Å². The van der Waals surface area contributed by atoms with Gasteiger partial charge in [0.25, 0.3) is 0 Å². The Bertz CT molecular complexity index is 1060. The van der Waals surface area contributed by atoms with Crippen molar-refractivity contribution in [2.45, 2.75) is 18.0 Å². The minimum atomic E-state index is -0.239. The molecule has 2 N–H and O–H groups in total. The quantitative estimate of drug-likeness (QED) is 0.594. The molecule has 3 amide bonds. The Hall–Kier alpha value is -3.40. The summed E-state index contributed by atoms with van der Waals surface area (Å²) in [5, 5.41) is 18.2. The number of thioether (sulfide) groups is 1. The third-order valence-corrected chi connectivity index (χ3v) is 5.71. The Balaban J connectivity index is 1.39. The van der Waals surface area contributed by atoms with Crippen molar-refractivity contribution in [3.63, 3.8) is 0 Å². The second-order valence-electron chi connectivity index (χ2n) is 7.20. The highest BCUT2D eigenvalue weighted by atomic mass is 32.2. The van der Waals surface area contributed by atoms with Crippen LogP contribution in [0, 0.1) is 5.92 Å². The third-order valence-electron chi connectivity index (χ3n) is 5.09. The van der Waals surface area contributed by atoms with Crippen molar-refractivity contribution in [2.24, 2.45) is 5.92 Å². The molecule has 31 heavy (non-hydrogen) atoms. The van der Waals surface area contributed by atoms with Gasteiger partial charge in [0, 0.05) is 24.5 Å². The molecular formula is C21H23N7O2S. The number of aromatic nitrogens is 4. The summed E-state index contributed by atoms with van der Waals surface area (Å²) in [5.41, 5.74) is 2.16. The first-order valence-electron chi connectivity index (χ1n) is 9.98. The second-order valence-corrected chi connectivity index (χ2v) is 7.97. The average Bonchev–Trinajstić information content (AvgIpc) is 3.29. The van der Waals surface area contributed by atoms with Gasteiger partial charge in [-0.3, -0.25) is 4.79 Å². The summed E-state index contributed by atoms with van der Waals surface area (Å²) < 4.78 is 1.62. The van der Waals surface area contributed by atoms with E-state index >= 15 is 0 Å². The van der Waals surface area contributed by atoms with Gasteiger partial charge in [-0.15, -0.1) is 5.10 Å². The van der Waals surface area contributed by atoms with Gasteiger partial charge in [0.2, 0.25) is 11.1 Å². The summed E-state index contributed by atoms with van der Waals surface area (Å²) in [6.45, 7) is 0.998. The number of rotatable bonds is 5. The van der Waals surface area contributed by atoms with Gasteiger partial charge in [0.1, 0.15) is 0 Å². The van der Waals surface area contributed by atoms with Gasteiger partial charge in [-0.25, -0.2) is 4.79 Å². The molecule has 1 saturated heterocycles. The summed E-state index contributed by atoms with van der Waals surface area (Å²) in [6, 6.07) is 16.5. The molecule has 10 heteroatoms. The van der Waals surface area contributed by atoms with E-state index in [1.165, 1.54) is 11.8 Å². The summed E-state index contributed by atoms with van der Waals surface area (Å²) in [6.07, 6.45) is 3.44. The fraction of sp³-hybridized carbons (Fsp3) is 0.286. The predicted octanol–water partition coefficient (Wildman–Crippen LogP) is 3.27. The van der Waals surface area contributed by atoms with Crippen LogP contribution in [0.3, 0.4) is 0 Å². The molecule has 0 unspecified atom stereocenters. The Morgan fingerprint density at radius 3 is 2.68 bits per heavy atom. The van der Waals surface area contributed by atoms with E-state index in [-0.39, 0.29) is 17.9 Å². The molecule has 2 aromatic carbocycles. The van der Waals surface area contributed by atoms with Crippen molar-refractivity contribution in [1.82, 2.24) is 25.1 Å². The molecule has 9 nitrogen and oxygen atoms in total. The van der Waals surface area contributed by atoms with Crippen LogP contribution in [-0.4, -0.2) is 56.4 Å². The molecule has 4 rings (SSSR count). The molecule has 0 aliphatic carbocycles. The lowest BCUT2D eigenvalue weighted by Gasteiger charge is -2.32. The summed E-state index contributed by atoms with van der Waals surface area (Å²) in [4.78, 5) is 27.2. The molecule has 1 fully saturated rings. The van der Waals surface area contributed by atoms with Crippen LogP contribution in [-0.2, 0) is 4.79 Å². The first kappa shape index (κ1) is 20.9. The van der Waals surface area contributed by atoms with Crippen LogP contribution in [0.1, 0.15) is 12.8 Å². The lowest BCUT2D eigenvalue weighted by molar-refractivity contribution is -0.121. The molecule has 0 spiro atoms. The number of likely N-dealkylation sites (tertiary alicyclic amines) is 1. The fourth-order valence-corrected chi connectivity index (χ4v) is 3.96. The van der Waals surface area contributed by atoms with E-state index in [1.54, 1.807) is 9.58 Å². The van der Waals surface area contributed by atoms with E-state index < -0.39 is 0 Å². The minimum absolute atomic E-state index is 0.0611. The minimum Gasteiger partial charge on any atom is -0.326 e. The zero-order valence-corrected chi connectivity index (χ0v) is 17.9. The van der Waals surface area contributed by atoms with Crippen molar-refractivity contribution in [1.29, 1.82) is 0 Å². The van der Waals surface area contributed by atoms with Gasteiger partial charge in [0.15, 0.2) is 0 Å². The van der Waals surface area contributed by atoms with Crippen LogP contribution in [0.2, 0.25) is 0 Å². The normalized spacial score (nSPS) is 16.0. The van der Waals surface area contributed by atoms with E-state index in [0.29, 0.717) is 23.9 Å². The number of hydrogen-bond donors (Lipinski definition) is 2. The molecular weight excluding hydrogens is 414 g/mol. The Morgan fingerprint density at radius 2 is 1.87 bits per heavy atom. The van der Waals surface area contributed by atoms with Crippen LogP contribution in [0.25, 0.3) is 5.69 Å². The van der Waals surface area contributed by atoms with Crippen LogP contribution in [0.5, 0.6) is 0 Å². The second kappa shape index (κ2) is 9.61. The Morgan fingerprint density at radius 1 is 1.06 bits per heavy atom. The van der Waals surface area contributed by atoms with Gasteiger partial charge in [-0.1, -0.05) is 36.0 Å². The number of benzene rings is 2. The lowest BCUT2D eigenvalue weighted by atomic mass is 9.97. The number of amides is 3. The maximum absolute atomic E-state index is 12.8. The molecule has 2 heterocycles. The van der Waals surface area contributed by atoms with Gasteiger partial charge < -0.3 is 15.5 Å². The summed E-state index contributed by atoms with van der Waals surface area (Å²) in [7, 11) is 0. The van der Waals surface area contributed by atoms with Gasteiger partial charge in [0.05, 0.1) is 11.6 Å². The van der Waals surface area contributed by atoms with Crippen LogP contribution in [0.15, 0.2) is 59.8 Å². The average molecular weight is 438 g/mol. The number of anilines is 2. The maximum atomic E-state index is 12.8. The SMILES string of the molecule is CSc1nnnn1-c1cccc(NC(=O)N2CCC[C@@H](C(=O)Nc3ccccc3)C2)c1. The van der Waals surface area contributed by atoms with Crippen LogP contribution in [0.4, 0.5) is 16.2 Å². The highest BCUT2D eigenvalue weighted by Gasteiger charge is 2.28. The number of tetrazole rings is 1. The summed E-state index contributed by atoms with van der Waals surface area (Å²) in [5.74, 6) is -0.301. The Labute approximate surface area is 184 Å². The van der Waals surface area contributed by atoms with Crippen molar-refractivity contribution >= 4 is 35.1 Å². The molecule has 0 bridgehead atoms. The number of para-hydroxylation sites is 1. The molecule has 1 aliphatic rings. The first-order valence-corrected chi connectivity index (χ1v) is 11.2. The van der Waals surface area contributed by atoms with Crippen molar-refractivity contribution in [3.8, 4) is 5.69 Å². The van der Waals surface area contributed by atoms with Crippen LogP contribution >= 0.6 is 11.8 Å². The number of urea groups is 1. The number of nitrogens with one attached hydrogen (secondary N) is 2. The Kier molecular flexibility index (Phi) is 6.46. The summed E-state index contributed by atoms with van der Waals surface area (Å²) >= 11 is 1.44. The predicted molar refractivity (Wildman–Crippen MR) is 119 cm³/mol. The number of piperidine rings is 1. The van der Waals surface area contributed by atoms with Crippen molar-refractivity contribution in [2.75, 3.05) is 30.0 Å². The molecule has 1 aromatic heterocycles. The molecule has 1 aliphatic heterocycles. The van der Waals surface area contributed by atoms with E-state index in [0.717, 1.165) is 24.2 Å². The molecule has 1 atom stereocenters. The number of nitrogens with zero attached hydrogens (tertiary/aromatic N) is 5. The smallest absolute Gasteiger partial charge is 0.321 e. The van der Waals surface area contributed by atoms with Crippen molar-refractivity contribution in [3.05, 3.63) is 54.6 Å². The zero-order chi connectivity index (χ0) is 21.6. The zero-order valence-electron chi connectivity index (χ0n) is 17.1. The van der Waals surface area contributed by atoms with Crippen molar-refractivity contribution < 1.29 is 9.59 Å². The van der Waals surface area contributed by atoms with E-state index in [2.05, 4.69) is 26.2 Å². The molecule has 0 saturated carbocycles. The first-order chi connectivity index (χ1) is 15.1. The topological polar surface area (TPSA) is 105 Å². The standard InChI is InChI=1S/C21H23N7O2S/c1-31-21-24-25-26-28(21)18-11-5-10-17(13-18)23-20(30)27-12-6-7-15(14-27)19(29)22-16-8-3-2-4-9-16/h2-5,8-11,13,15H,6-7,12,14H2,1H3,(H,22,29)(H,23,30)/t15-/m1/s1. The number of carbonyl (C=O) groups is 2. The van der Waals surface area contributed by atoms with E-state index in [1.807, 2.05) is 60.9 Å². The highest BCUT2D eigenvalue weighted by molar-refractivity contribution is 7.98. The highest BCUT2D eigenvalue weighted by Crippen LogP contribution is 2.22. The lowest BCUT2D eigenvalue weighted by Crippen LogP contribution is -2.45. The van der Waals surface area contributed by atoms with E-state index in [9.17, 15) is 9.59 Å². The van der Waals surface area contributed by atoms with Gasteiger partial charge >= 0.3 is 6.03 Å². The monoisotopic (exact) mass is 437 g/mol. The van der Waals surface area contributed by atoms with E-state index in [4.69, 9.17) is 0 Å².